The third kappa shape index (κ3) is 16.7. The Kier molecular flexibility index (Phi) is 24.3. The van der Waals surface area contributed by atoms with E-state index in [2.05, 4.69) is 0 Å². The number of carbonyl (C=O) groups is 6. The van der Waals surface area contributed by atoms with Crippen molar-refractivity contribution >= 4 is 35.4 Å². The highest BCUT2D eigenvalue weighted by Crippen LogP contribution is 2.38. The number of rotatable bonds is 9. The van der Waals surface area contributed by atoms with Crippen LogP contribution >= 0.6 is 0 Å². The molecule has 77 heavy (non-hydrogen) atoms. The van der Waals surface area contributed by atoms with Crippen molar-refractivity contribution in [3.8, 4) is 0 Å². The van der Waals surface area contributed by atoms with Gasteiger partial charge in [0.2, 0.25) is 5.79 Å². The summed E-state index contributed by atoms with van der Waals surface area (Å²) in [6, 6.07) is -1.22. The normalized spacial score (nSPS) is 39.6. The molecule has 4 aliphatic heterocycles. The second-order valence-corrected chi connectivity index (χ2v) is 22.2. The molecule has 19 heteroatoms. The maximum atomic E-state index is 14.6. The summed E-state index contributed by atoms with van der Waals surface area (Å²) in [5.41, 5.74) is 1.20. The number of hydrogen-bond donors (Lipinski definition) is 4. The monoisotopic (exact) mass is 1090 g/mol. The molecule has 432 valence electrons. The standard InChI is InChI=1S/C58H87NO18/c1-33-16-12-11-13-17-34(2)46(70-8)30-41-21-19-39(7)58(69,77-41)54(65)55(66)59-24-15-14-18-42(59)56(67)74-47(31-44(62)35(3)27-38(6)51(64)53(72-10)50(63)37(5)26-33)36(4)28-40-20-22-45(48(29-40)71-9)75-57(68)76-52-43(61)23-25-73-49(52)32-60/h11-13,16-17,23,25,27,33,35-37,39-43,45-49,51-53,60-61,64,69H,14-15,18-22,24,26,28-32H2,1-10H3/b13-11+,16-12-,34-17+,38-27+/t33-,35-,36-,37-,39-,40?,41+,42?,43-,45-,46+,47+,48-,49-,51-,52+,53+,58-/m1/s1. The van der Waals surface area contributed by atoms with Gasteiger partial charge in [0.25, 0.3) is 11.7 Å². The molecule has 5 aliphatic rings. The minimum absolute atomic E-state index is 0.0142. The van der Waals surface area contributed by atoms with Crippen molar-refractivity contribution in [2.45, 2.75) is 198 Å². The van der Waals surface area contributed by atoms with Gasteiger partial charge in [-0.05, 0) is 113 Å². The Balaban J connectivity index is 1.42. The van der Waals surface area contributed by atoms with Crippen LogP contribution in [0.3, 0.4) is 0 Å². The fourth-order valence-corrected chi connectivity index (χ4v) is 11.4. The molecule has 4 heterocycles. The minimum Gasteiger partial charge on any atom is -0.492 e. The Labute approximate surface area is 454 Å². The maximum absolute atomic E-state index is 14.6. The number of ether oxygens (including phenoxy) is 8. The average molecular weight is 1090 g/mol. The predicted molar refractivity (Wildman–Crippen MR) is 281 cm³/mol. The van der Waals surface area contributed by atoms with E-state index in [4.69, 9.17) is 37.9 Å². The first kappa shape index (κ1) is 63.2. The van der Waals surface area contributed by atoms with Crippen LogP contribution in [0, 0.1) is 35.5 Å². The van der Waals surface area contributed by atoms with Crippen molar-refractivity contribution in [1.82, 2.24) is 4.90 Å². The number of Topliss-reactive ketones (excluding diaryl/α,β-unsaturated/α-hetero) is 3. The minimum atomic E-state index is -2.48. The van der Waals surface area contributed by atoms with E-state index in [1.807, 2.05) is 51.2 Å². The zero-order valence-corrected chi connectivity index (χ0v) is 46.8. The van der Waals surface area contributed by atoms with Gasteiger partial charge in [-0.2, -0.15) is 0 Å². The van der Waals surface area contributed by atoms with E-state index in [0.29, 0.717) is 63.4 Å². The Morgan fingerprint density at radius 3 is 2.27 bits per heavy atom. The largest absolute Gasteiger partial charge is 0.509 e. The van der Waals surface area contributed by atoms with E-state index in [0.717, 1.165) is 10.5 Å². The Morgan fingerprint density at radius 1 is 0.844 bits per heavy atom. The Bertz CT molecular complexity index is 2170. The number of aliphatic hydroxyl groups excluding tert-OH is 3. The van der Waals surface area contributed by atoms with E-state index in [-0.39, 0.29) is 49.2 Å². The van der Waals surface area contributed by atoms with Gasteiger partial charge in [-0.1, -0.05) is 71.1 Å². The molecule has 0 radical (unpaired) electrons. The van der Waals surface area contributed by atoms with Crippen LogP contribution in [0.5, 0.6) is 0 Å². The lowest BCUT2D eigenvalue weighted by Gasteiger charge is -2.42. The van der Waals surface area contributed by atoms with Gasteiger partial charge >= 0.3 is 12.1 Å². The van der Waals surface area contributed by atoms with Gasteiger partial charge in [0.15, 0.2) is 18.0 Å². The SMILES string of the molecule is CO[C@H]1C[C@@H]2CC[C@@H](C)[C@@](O)(O2)C(=O)C(=O)N2CCCCC2C(=O)O[C@H]([C@H](C)CC2CC[C@@H](OC(=O)O[C@H]3[C@H](O)C=CO[C@@H]3CO)[C@H](OC)C2)CC(=O)[C@H](C)/C=C(\C)[C@@H](O)[C@@H](OC)C(=O)[C@H](C)C[C@H](C)\C=C/C=C/C=C/1C. The third-order valence-corrected chi connectivity index (χ3v) is 16.3. The van der Waals surface area contributed by atoms with Crippen LogP contribution < -0.4 is 0 Å². The lowest BCUT2D eigenvalue weighted by Crippen LogP contribution is -2.61. The van der Waals surface area contributed by atoms with E-state index in [1.165, 1.54) is 26.6 Å². The first-order valence-corrected chi connectivity index (χ1v) is 27.5. The van der Waals surface area contributed by atoms with Gasteiger partial charge in [0.05, 0.1) is 31.2 Å². The van der Waals surface area contributed by atoms with Crippen molar-refractivity contribution in [3.05, 3.63) is 59.9 Å². The topological polar surface area (TPSA) is 260 Å². The number of fused-ring (bicyclic) bond motifs is 3. The number of nitrogens with zero attached hydrogens (tertiary/aromatic N) is 1. The number of piperidine rings is 1. The van der Waals surface area contributed by atoms with Gasteiger partial charge in [-0.25, -0.2) is 9.59 Å². The average Bonchev–Trinajstić information content (AvgIpc) is 3.41. The van der Waals surface area contributed by atoms with Crippen LogP contribution in [0.4, 0.5) is 4.79 Å². The number of hydrogen-bond acceptors (Lipinski definition) is 18. The maximum Gasteiger partial charge on any atom is 0.509 e. The van der Waals surface area contributed by atoms with Crippen molar-refractivity contribution in [1.29, 1.82) is 0 Å². The molecule has 18 atom stereocenters. The summed E-state index contributed by atoms with van der Waals surface area (Å²) in [5.74, 6) is -8.78. The molecule has 4 N–H and O–H groups in total. The van der Waals surface area contributed by atoms with Crippen LogP contribution in [-0.4, -0.2) is 168 Å². The van der Waals surface area contributed by atoms with Crippen LogP contribution in [0.1, 0.15) is 126 Å². The summed E-state index contributed by atoms with van der Waals surface area (Å²) in [5, 5.41) is 43.6. The molecule has 1 saturated carbocycles. The molecular weight excluding hydrogens is 999 g/mol. The number of allylic oxidation sites excluding steroid dienone is 6. The van der Waals surface area contributed by atoms with Crippen LogP contribution in [-0.2, 0) is 61.9 Å². The molecule has 5 rings (SSSR count). The van der Waals surface area contributed by atoms with Crippen LogP contribution in [0.15, 0.2) is 59.9 Å². The predicted octanol–water partition coefficient (Wildman–Crippen LogP) is 5.98. The van der Waals surface area contributed by atoms with Crippen molar-refractivity contribution in [2.75, 3.05) is 34.5 Å². The fraction of sp³-hybridized carbons (Fsp3) is 0.724. The first-order valence-electron chi connectivity index (χ1n) is 27.5. The second-order valence-electron chi connectivity index (χ2n) is 22.2. The summed E-state index contributed by atoms with van der Waals surface area (Å²) in [6.45, 7) is 12.0. The molecule has 19 nitrogen and oxygen atoms in total. The number of carbonyl (C=O) groups excluding carboxylic acids is 6. The zero-order chi connectivity index (χ0) is 56.7. The molecule has 0 aromatic rings. The Hall–Kier alpha value is -4.60. The lowest BCUT2D eigenvalue weighted by atomic mass is 9.78. The van der Waals surface area contributed by atoms with E-state index < -0.39 is 127 Å². The molecule has 0 spiro atoms. The van der Waals surface area contributed by atoms with Crippen molar-refractivity contribution in [3.63, 3.8) is 0 Å². The summed E-state index contributed by atoms with van der Waals surface area (Å²) in [4.78, 5) is 85.6. The van der Waals surface area contributed by atoms with Gasteiger partial charge in [-0.15, -0.1) is 0 Å². The quantitative estimate of drug-likeness (QED) is 0.118. The number of methoxy groups -OCH3 is 3. The van der Waals surface area contributed by atoms with Crippen molar-refractivity contribution in [2.24, 2.45) is 35.5 Å². The third-order valence-electron chi connectivity index (χ3n) is 16.3. The van der Waals surface area contributed by atoms with Gasteiger partial charge < -0.3 is 63.2 Å². The van der Waals surface area contributed by atoms with E-state index >= 15 is 0 Å². The number of esters is 1. The Morgan fingerprint density at radius 2 is 1.58 bits per heavy atom. The highest BCUT2D eigenvalue weighted by Gasteiger charge is 2.53. The molecule has 0 aromatic carbocycles. The number of ketones is 3. The van der Waals surface area contributed by atoms with Crippen molar-refractivity contribution < 1.29 is 87.1 Å². The summed E-state index contributed by atoms with van der Waals surface area (Å²) in [7, 11) is 4.40. The van der Waals surface area contributed by atoms with E-state index in [9.17, 15) is 49.2 Å². The van der Waals surface area contributed by atoms with Gasteiger partial charge in [0.1, 0.15) is 42.3 Å². The fourth-order valence-electron chi connectivity index (χ4n) is 11.4. The summed E-state index contributed by atoms with van der Waals surface area (Å²) in [6.07, 6.45) is 7.34. The molecule has 2 saturated heterocycles. The summed E-state index contributed by atoms with van der Waals surface area (Å²) >= 11 is 0. The highest BCUT2D eigenvalue weighted by atomic mass is 16.7. The number of aliphatic hydroxyl groups is 4. The molecule has 2 unspecified atom stereocenters. The highest BCUT2D eigenvalue weighted by molar-refractivity contribution is 6.39. The number of cyclic esters (lactones) is 1. The second kappa shape index (κ2) is 29.6. The molecular formula is C58H87NO18. The molecule has 2 bridgehead atoms. The first-order chi connectivity index (χ1) is 36.6. The molecule has 0 aromatic heterocycles. The van der Waals surface area contributed by atoms with Gasteiger partial charge in [0, 0.05) is 58.5 Å². The van der Waals surface area contributed by atoms with Crippen LogP contribution in [0.25, 0.3) is 0 Å². The molecule has 1 aliphatic carbocycles. The van der Waals surface area contributed by atoms with Gasteiger partial charge in [-0.3, -0.25) is 19.2 Å². The molecule has 3 fully saturated rings. The summed E-state index contributed by atoms with van der Waals surface area (Å²) < 4.78 is 46.1. The lowest BCUT2D eigenvalue weighted by molar-refractivity contribution is -0.265. The smallest absolute Gasteiger partial charge is 0.492 e. The zero-order valence-electron chi connectivity index (χ0n) is 46.8. The van der Waals surface area contributed by atoms with E-state index in [1.54, 1.807) is 40.9 Å². The number of amides is 1. The molecule has 1 amide bonds. The van der Waals surface area contributed by atoms with Crippen LogP contribution in [0.2, 0.25) is 0 Å².